The van der Waals surface area contributed by atoms with Gasteiger partial charge in [-0.15, -0.1) is 0 Å². The predicted octanol–water partition coefficient (Wildman–Crippen LogP) is 4.92. The summed E-state index contributed by atoms with van der Waals surface area (Å²) in [7, 11) is 1.38. The first-order chi connectivity index (χ1) is 14.0. The number of hydrogen-bond donors (Lipinski definition) is 0. The zero-order chi connectivity index (χ0) is 21.9. The van der Waals surface area contributed by atoms with Crippen molar-refractivity contribution in [3.05, 3.63) is 29.3 Å². The van der Waals surface area contributed by atoms with Crippen molar-refractivity contribution < 1.29 is 23.6 Å². The number of carbonyl (C=O) groups excluding carboxylic acids is 1. The van der Waals surface area contributed by atoms with E-state index in [1.807, 2.05) is 32.9 Å². The van der Waals surface area contributed by atoms with E-state index in [4.69, 9.17) is 18.8 Å². The van der Waals surface area contributed by atoms with Crippen LogP contribution in [0, 0.1) is 17.3 Å². The first-order valence-electron chi connectivity index (χ1n) is 11.2. The topological polar surface area (TPSA) is 54.0 Å². The number of ether oxygens (including phenoxy) is 2. The lowest BCUT2D eigenvalue weighted by Crippen LogP contribution is -2.65. The highest BCUT2D eigenvalue weighted by Gasteiger charge is 2.67. The standard InChI is InChI=1S/C24H35BO5/c1-22(2,3)28-21(26)17-10-8-9-15(20(17)27-7)11-12-25-29-19-14-16-13-18(23(16,4)5)24(19,6)30-25/h8-10,16,18-19H,11-14H2,1-7H3/t16?,18?,19-,24+/m1/s1. The lowest BCUT2D eigenvalue weighted by Gasteiger charge is -2.64. The van der Waals surface area contributed by atoms with E-state index in [1.54, 1.807) is 13.2 Å². The van der Waals surface area contributed by atoms with Gasteiger partial charge in [-0.3, -0.25) is 0 Å². The number of rotatable bonds is 5. The molecule has 4 fully saturated rings. The molecule has 6 heteroatoms. The molecular weight excluding hydrogens is 379 g/mol. The van der Waals surface area contributed by atoms with Crippen molar-refractivity contribution in [3.8, 4) is 5.75 Å². The Labute approximate surface area is 180 Å². The van der Waals surface area contributed by atoms with Gasteiger partial charge in [0.05, 0.1) is 18.8 Å². The van der Waals surface area contributed by atoms with Gasteiger partial charge in [0.2, 0.25) is 0 Å². The number of benzene rings is 1. The summed E-state index contributed by atoms with van der Waals surface area (Å²) < 4.78 is 24.0. The van der Waals surface area contributed by atoms with Crippen molar-refractivity contribution in [1.82, 2.24) is 0 Å². The largest absolute Gasteiger partial charge is 0.496 e. The van der Waals surface area contributed by atoms with E-state index in [0.717, 1.165) is 24.2 Å². The van der Waals surface area contributed by atoms with Gasteiger partial charge in [0.1, 0.15) is 16.9 Å². The third-order valence-electron chi connectivity index (χ3n) is 7.57. The number of carbonyl (C=O) groups is 1. The van der Waals surface area contributed by atoms with Crippen molar-refractivity contribution in [2.75, 3.05) is 7.11 Å². The highest BCUT2D eigenvalue weighted by molar-refractivity contribution is 6.45. The van der Waals surface area contributed by atoms with Crippen LogP contribution in [0.5, 0.6) is 5.75 Å². The lowest BCUT2D eigenvalue weighted by molar-refractivity contribution is -0.199. The van der Waals surface area contributed by atoms with E-state index < -0.39 is 5.60 Å². The maximum atomic E-state index is 12.6. The number of para-hydroxylation sites is 1. The Morgan fingerprint density at radius 1 is 1.23 bits per heavy atom. The summed E-state index contributed by atoms with van der Waals surface area (Å²) in [5, 5.41) is 0. The molecule has 30 heavy (non-hydrogen) atoms. The molecule has 0 radical (unpaired) electrons. The van der Waals surface area contributed by atoms with Crippen LogP contribution in [-0.4, -0.2) is 37.5 Å². The van der Waals surface area contributed by atoms with Crippen LogP contribution in [0.1, 0.15) is 70.3 Å². The summed E-state index contributed by atoms with van der Waals surface area (Å²) in [6, 6.07) is 5.63. The fourth-order valence-electron chi connectivity index (χ4n) is 5.87. The molecule has 1 aromatic rings. The monoisotopic (exact) mass is 414 g/mol. The Hall–Kier alpha value is -1.53. The second-order valence-corrected chi connectivity index (χ2v) is 10.9. The Morgan fingerprint density at radius 2 is 1.97 bits per heavy atom. The Bertz CT molecular complexity index is 829. The normalized spacial score (nSPS) is 31.7. The van der Waals surface area contributed by atoms with Gasteiger partial charge in [-0.25, -0.2) is 4.79 Å². The van der Waals surface area contributed by atoms with Gasteiger partial charge in [0.15, 0.2) is 0 Å². The highest BCUT2D eigenvalue weighted by Crippen LogP contribution is 2.65. The first kappa shape index (κ1) is 21.7. The van der Waals surface area contributed by atoms with Crippen molar-refractivity contribution in [2.45, 2.75) is 84.4 Å². The predicted molar refractivity (Wildman–Crippen MR) is 117 cm³/mol. The van der Waals surface area contributed by atoms with Crippen LogP contribution in [0.4, 0.5) is 0 Å². The fraction of sp³-hybridized carbons (Fsp3) is 0.708. The minimum atomic E-state index is -0.552. The van der Waals surface area contributed by atoms with E-state index >= 15 is 0 Å². The molecular formula is C24H35BO5. The molecule has 3 aliphatic carbocycles. The van der Waals surface area contributed by atoms with E-state index in [0.29, 0.717) is 29.1 Å². The second-order valence-electron chi connectivity index (χ2n) is 10.9. The van der Waals surface area contributed by atoms with Crippen LogP contribution >= 0.6 is 0 Å². The molecule has 2 unspecified atom stereocenters. The molecule has 4 aliphatic rings. The molecule has 164 valence electrons. The Morgan fingerprint density at radius 3 is 2.60 bits per heavy atom. The van der Waals surface area contributed by atoms with Crippen LogP contribution < -0.4 is 4.74 Å². The summed E-state index contributed by atoms with van der Waals surface area (Å²) >= 11 is 0. The van der Waals surface area contributed by atoms with Gasteiger partial charge in [-0.1, -0.05) is 26.0 Å². The van der Waals surface area contributed by atoms with E-state index in [1.165, 1.54) is 6.42 Å². The second kappa shape index (κ2) is 7.27. The van der Waals surface area contributed by atoms with E-state index in [-0.39, 0.29) is 24.8 Å². The van der Waals surface area contributed by atoms with Gasteiger partial charge >= 0.3 is 13.1 Å². The SMILES string of the molecule is COc1c(CCB2O[C@@H]3CC4CC(C4(C)C)[C@]3(C)O2)cccc1C(=O)OC(C)(C)C. The molecule has 5 rings (SSSR count). The quantitative estimate of drug-likeness (QED) is 0.506. The van der Waals surface area contributed by atoms with Gasteiger partial charge in [0, 0.05) is 0 Å². The smallest absolute Gasteiger partial charge is 0.457 e. The molecule has 0 aromatic heterocycles. The maximum Gasteiger partial charge on any atom is 0.457 e. The van der Waals surface area contributed by atoms with Crippen LogP contribution in [0.3, 0.4) is 0 Å². The molecule has 4 atom stereocenters. The zero-order valence-electron chi connectivity index (χ0n) is 19.4. The molecule has 1 saturated heterocycles. The van der Waals surface area contributed by atoms with Crippen molar-refractivity contribution in [1.29, 1.82) is 0 Å². The Balaban J connectivity index is 1.45. The fourth-order valence-corrected chi connectivity index (χ4v) is 5.87. The third-order valence-corrected chi connectivity index (χ3v) is 7.57. The molecule has 5 nitrogen and oxygen atoms in total. The van der Waals surface area contributed by atoms with Gasteiger partial charge in [-0.2, -0.15) is 0 Å². The van der Waals surface area contributed by atoms with Crippen LogP contribution in [0.15, 0.2) is 18.2 Å². The summed E-state index contributed by atoms with van der Waals surface area (Å²) in [6.45, 7) is 12.6. The first-order valence-corrected chi connectivity index (χ1v) is 11.2. The molecule has 3 saturated carbocycles. The minimum Gasteiger partial charge on any atom is -0.496 e. The molecule has 1 heterocycles. The van der Waals surface area contributed by atoms with Crippen molar-refractivity contribution in [2.24, 2.45) is 17.3 Å². The molecule has 0 spiro atoms. The molecule has 0 amide bonds. The average Bonchev–Trinajstić information content (AvgIpc) is 3.00. The third kappa shape index (κ3) is 3.56. The summed E-state index contributed by atoms with van der Waals surface area (Å²) in [4.78, 5) is 12.6. The minimum absolute atomic E-state index is 0.189. The molecule has 0 N–H and O–H groups in total. The van der Waals surface area contributed by atoms with Gasteiger partial charge in [-0.05, 0) is 82.2 Å². The van der Waals surface area contributed by atoms with E-state index in [2.05, 4.69) is 20.8 Å². The Kier molecular flexibility index (Phi) is 5.26. The van der Waals surface area contributed by atoms with Crippen LogP contribution in [-0.2, 0) is 20.5 Å². The van der Waals surface area contributed by atoms with Crippen molar-refractivity contribution >= 4 is 13.1 Å². The summed E-state index contributed by atoms with van der Waals surface area (Å²) in [6.07, 6.45) is 3.98. The zero-order valence-corrected chi connectivity index (χ0v) is 19.4. The van der Waals surface area contributed by atoms with Crippen LogP contribution in [0.2, 0.25) is 6.32 Å². The number of esters is 1. The number of methoxy groups -OCH3 is 1. The summed E-state index contributed by atoms with van der Waals surface area (Å²) in [5.74, 6) is 1.52. The molecule has 1 aliphatic heterocycles. The number of hydrogen-bond acceptors (Lipinski definition) is 5. The van der Waals surface area contributed by atoms with Gasteiger partial charge in [0.25, 0.3) is 0 Å². The van der Waals surface area contributed by atoms with E-state index in [9.17, 15) is 4.79 Å². The highest BCUT2D eigenvalue weighted by atomic mass is 16.7. The van der Waals surface area contributed by atoms with Gasteiger partial charge < -0.3 is 18.8 Å². The van der Waals surface area contributed by atoms with Crippen LogP contribution in [0.25, 0.3) is 0 Å². The molecule has 2 bridgehead atoms. The van der Waals surface area contributed by atoms with Crippen molar-refractivity contribution in [3.63, 3.8) is 0 Å². The summed E-state index contributed by atoms with van der Waals surface area (Å²) in [5.41, 5.74) is 1.03. The number of aryl methyl sites for hydroxylation is 1. The lowest BCUT2D eigenvalue weighted by atomic mass is 9.43. The average molecular weight is 414 g/mol. The maximum absolute atomic E-state index is 12.6. The molecule has 1 aromatic carbocycles.